The molecule has 0 radical (unpaired) electrons. The van der Waals surface area contributed by atoms with E-state index in [0.29, 0.717) is 23.0 Å². The average molecular weight is 779 g/mol. The molecule has 3 saturated carbocycles. The summed E-state index contributed by atoms with van der Waals surface area (Å²) in [7, 11) is 0. The fraction of sp³-hybridized carbons (Fsp3) is 0.286. The van der Waals surface area contributed by atoms with Crippen molar-refractivity contribution in [3.05, 3.63) is 162 Å². The van der Waals surface area contributed by atoms with Crippen LogP contribution in [0.5, 0.6) is 0 Å². The van der Waals surface area contributed by atoms with E-state index in [1.807, 2.05) is 18.2 Å². The Labute approximate surface area is 354 Å². The molecule has 4 aliphatic rings. The Morgan fingerprint density at radius 1 is 0.500 bits per heavy atom. The van der Waals surface area contributed by atoms with E-state index in [1.54, 1.807) is 0 Å². The lowest BCUT2D eigenvalue weighted by molar-refractivity contribution is 0.0780. The maximum Gasteiger partial charge on any atom is 0.164 e. The van der Waals surface area contributed by atoms with Gasteiger partial charge in [-0.05, 0) is 149 Å². The van der Waals surface area contributed by atoms with Crippen LogP contribution in [0.25, 0.3) is 67.5 Å². The first-order valence-corrected chi connectivity index (χ1v) is 22.2. The van der Waals surface area contributed by atoms with Crippen molar-refractivity contribution in [1.82, 2.24) is 15.0 Å². The highest BCUT2D eigenvalue weighted by Crippen LogP contribution is 2.58. The third-order valence-corrected chi connectivity index (χ3v) is 14.7. The second kappa shape index (κ2) is 14.5. The summed E-state index contributed by atoms with van der Waals surface area (Å²) in [5, 5.41) is 9.70. The molecule has 4 aliphatic carbocycles. The molecule has 1 unspecified atom stereocenters. The van der Waals surface area contributed by atoms with Gasteiger partial charge in [-0.25, -0.2) is 15.0 Å². The van der Waals surface area contributed by atoms with Crippen molar-refractivity contribution in [2.45, 2.75) is 82.5 Å². The topological polar surface area (TPSA) is 62.5 Å². The Balaban J connectivity index is 1.07. The Morgan fingerprint density at radius 3 is 1.88 bits per heavy atom. The Kier molecular flexibility index (Phi) is 8.92. The maximum absolute atomic E-state index is 9.70. The number of nitriles is 1. The minimum Gasteiger partial charge on any atom is -0.208 e. The largest absolute Gasteiger partial charge is 0.208 e. The van der Waals surface area contributed by atoms with E-state index < -0.39 is 0 Å². The van der Waals surface area contributed by atoms with Gasteiger partial charge < -0.3 is 0 Å². The van der Waals surface area contributed by atoms with Crippen LogP contribution in [0.2, 0.25) is 0 Å². The van der Waals surface area contributed by atoms with E-state index in [2.05, 4.69) is 141 Å². The molecule has 0 aliphatic heterocycles. The molecule has 4 heteroatoms. The standard InChI is InChI=1S/C56H50N4/c1-36-27-39-28-37(2)33-55(32-36,34-39)45-21-17-41(18-22-45)52-58-53(44-20-23-47-46-15-6-7-16-50(46)56(51(47)31-44)25-8-9-26-56)60-54(59-52)48-24-19-43(42-14-10-11-38(29-42)35-57)30-49(48)40-12-4-3-5-13-40/h3-7,10-24,29-31,36-37,39H,8-9,25-28,32-34H2,1-2H3/t36-,37+,39-,55?. The van der Waals surface area contributed by atoms with Gasteiger partial charge in [0.15, 0.2) is 17.5 Å². The predicted octanol–water partition coefficient (Wildman–Crippen LogP) is 14.0. The van der Waals surface area contributed by atoms with Crippen molar-refractivity contribution in [2.75, 3.05) is 0 Å². The van der Waals surface area contributed by atoms with Gasteiger partial charge in [-0.1, -0.05) is 136 Å². The average Bonchev–Trinajstić information content (AvgIpc) is 3.89. The molecule has 4 nitrogen and oxygen atoms in total. The highest BCUT2D eigenvalue weighted by molar-refractivity contribution is 5.87. The smallest absolute Gasteiger partial charge is 0.164 e. The molecule has 294 valence electrons. The molecule has 7 aromatic rings. The molecule has 2 bridgehead atoms. The second-order valence-electron chi connectivity index (χ2n) is 18.7. The van der Waals surface area contributed by atoms with Gasteiger partial charge >= 0.3 is 0 Å². The lowest BCUT2D eigenvalue weighted by Crippen LogP contribution is -2.42. The highest BCUT2D eigenvalue weighted by atomic mass is 15.0. The van der Waals surface area contributed by atoms with Crippen molar-refractivity contribution in [1.29, 1.82) is 5.26 Å². The molecular weight excluding hydrogens is 729 g/mol. The number of hydrogen-bond donors (Lipinski definition) is 0. The van der Waals surface area contributed by atoms with Crippen molar-refractivity contribution < 1.29 is 0 Å². The molecule has 60 heavy (non-hydrogen) atoms. The van der Waals surface area contributed by atoms with Crippen LogP contribution in [0, 0.1) is 29.1 Å². The minimum absolute atomic E-state index is 0.0429. The van der Waals surface area contributed by atoms with Crippen LogP contribution >= 0.6 is 0 Å². The second-order valence-corrected chi connectivity index (χ2v) is 18.7. The fourth-order valence-electron chi connectivity index (χ4n) is 12.4. The highest BCUT2D eigenvalue weighted by Gasteiger charge is 2.46. The number of nitrogens with zero attached hydrogens (tertiary/aromatic N) is 4. The molecule has 0 saturated heterocycles. The number of aromatic nitrogens is 3. The molecule has 0 amide bonds. The predicted molar refractivity (Wildman–Crippen MR) is 243 cm³/mol. The summed E-state index contributed by atoms with van der Waals surface area (Å²) in [4.78, 5) is 16.1. The molecule has 1 heterocycles. The summed E-state index contributed by atoms with van der Waals surface area (Å²) in [6, 6.07) is 52.5. The van der Waals surface area contributed by atoms with Crippen LogP contribution in [0.15, 0.2) is 140 Å². The van der Waals surface area contributed by atoms with E-state index in [0.717, 1.165) is 56.7 Å². The van der Waals surface area contributed by atoms with Gasteiger partial charge in [0, 0.05) is 22.1 Å². The van der Waals surface area contributed by atoms with Crippen LogP contribution in [0.4, 0.5) is 0 Å². The van der Waals surface area contributed by atoms with Crippen LogP contribution < -0.4 is 0 Å². The number of hydrogen-bond acceptors (Lipinski definition) is 4. The third-order valence-electron chi connectivity index (χ3n) is 14.7. The normalized spacial score (nSPS) is 22.2. The maximum atomic E-state index is 9.70. The summed E-state index contributed by atoms with van der Waals surface area (Å²) in [6.45, 7) is 4.93. The molecule has 0 N–H and O–H groups in total. The first-order valence-electron chi connectivity index (χ1n) is 22.2. The van der Waals surface area contributed by atoms with Crippen molar-refractivity contribution in [3.8, 4) is 73.6 Å². The van der Waals surface area contributed by atoms with E-state index in [9.17, 15) is 5.26 Å². The molecular formula is C56H50N4. The van der Waals surface area contributed by atoms with Crippen molar-refractivity contribution in [2.24, 2.45) is 17.8 Å². The van der Waals surface area contributed by atoms with Crippen molar-refractivity contribution in [3.63, 3.8) is 0 Å². The SMILES string of the molecule is C[C@@H]1C[C@@H]2C[C@H](C)CC(c3ccc(-c4nc(-c5ccc6c(c5)C5(CCCC5)c5ccccc5-6)nc(-c5ccc(-c6cccc(C#N)c6)cc5-c5ccccc5)n4)cc3)(C1)C2. The first kappa shape index (κ1) is 36.9. The minimum atomic E-state index is 0.0429. The van der Waals surface area contributed by atoms with E-state index in [4.69, 9.17) is 15.0 Å². The monoisotopic (exact) mass is 778 g/mol. The van der Waals surface area contributed by atoms with Gasteiger partial charge in [0.1, 0.15) is 0 Å². The van der Waals surface area contributed by atoms with E-state index >= 15 is 0 Å². The van der Waals surface area contributed by atoms with Crippen LogP contribution in [0.3, 0.4) is 0 Å². The number of benzene rings is 6. The zero-order valence-corrected chi connectivity index (χ0v) is 34.7. The summed E-state index contributed by atoms with van der Waals surface area (Å²) < 4.78 is 0. The Bertz CT molecular complexity index is 2790. The van der Waals surface area contributed by atoms with Gasteiger partial charge in [0.05, 0.1) is 11.6 Å². The van der Waals surface area contributed by atoms with E-state index in [1.165, 1.54) is 85.6 Å². The number of fused-ring (bicyclic) bond motifs is 7. The zero-order valence-electron chi connectivity index (χ0n) is 34.7. The lowest BCUT2D eigenvalue weighted by Gasteiger charge is -2.50. The summed E-state index contributed by atoms with van der Waals surface area (Å²) in [6.07, 6.45) is 11.4. The van der Waals surface area contributed by atoms with Crippen molar-refractivity contribution >= 4 is 0 Å². The first-order chi connectivity index (χ1) is 29.4. The van der Waals surface area contributed by atoms with Gasteiger partial charge in [-0.2, -0.15) is 5.26 Å². The van der Waals surface area contributed by atoms with Gasteiger partial charge in [0.25, 0.3) is 0 Å². The Morgan fingerprint density at radius 2 is 1.12 bits per heavy atom. The molecule has 6 aromatic carbocycles. The van der Waals surface area contributed by atoms with Crippen LogP contribution in [0.1, 0.15) is 93.9 Å². The Hall–Kier alpha value is -6.18. The molecule has 1 spiro atoms. The van der Waals surface area contributed by atoms with Gasteiger partial charge in [0.2, 0.25) is 0 Å². The summed E-state index contributed by atoms with van der Waals surface area (Å²) in [5.74, 6) is 4.38. The molecule has 3 fully saturated rings. The molecule has 4 atom stereocenters. The molecule has 1 aromatic heterocycles. The third kappa shape index (κ3) is 6.21. The molecule has 11 rings (SSSR count). The van der Waals surface area contributed by atoms with E-state index in [-0.39, 0.29) is 10.8 Å². The quantitative estimate of drug-likeness (QED) is 0.169. The fourth-order valence-corrected chi connectivity index (χ4v) is 12.4. The van der Waals surface area contributed by atoms with Gasteiger partial charge in [-0.3, -0.25) is 0 Å². The summed E-state index contributed by atoms with van der Waals surface area (Å²) >= 11 is 0. The van der Waals surface area contributed by atoms with Crippen LogP contribution in [-0.2, 0) is 10.8 Å². The number of rotatable bonds is 6. The summed E-state index contributed by atoms with van der Waals surface area (Å²) in [5.41, 5.74) is 15.2. The zero-order chi connectivity index (χ0) is 40.4. The lowest BCUT2D eigenvalue weighted by atomic mass is 9.54. The van der Waals surface area contributed by atoms with Gasteiger partial charge in [-0.15, -0.1) is 0 Å². The van der Waals surface area contributed by atoms with Crippen LogP contribution in [-0.4, -0.2) is 15.0 Å².